The molecule has 2 heterocycles. The number of benzene rings is 2. The minimum absolute atomic E-state index is 0.0133. The average molecular weight is 402 g/mol. The summed E-state index contributed by atoms with van der Waals surface area (Å²) in [6.07, 6.45) is 6.86. The molecule has 5 nitrogen and oxygen atoms in total. The number of aryl methyl sites for hydroxylation is 1. The fraction of sp³-hybridized carbons (Fsp3) is 0.360. The van der Waals surface area contributed by atoms with E-state index in [0.29, 0.717) is 18.2 Å². The second kappa shape index (κ2) is 7.73. The maximum Gasteiger partial charge on any atom is 0.274 e. The van der Waals surface area contributed by atoms with Crippen LogP contribution in [0.25, 0.3) is 11.1 Å². The highest BCUT2D eigenvalue weighted by atomic mass is 16.3. The molecule has 154 valence electrons. The van der Waals surface area contributed by atoms with Crippen LogP contribution in [0.15, 0.2) is 55.0 Å². The van der Waals surface area contributed by atoms with Crippen LogP contribution in [-0.4, -0.2) is 38.6 Å². The van der Waals surface area contributed by atoms with Gasteiger partial charge in [0.05, 0.1) is 12.9 Å². The van der Waals surface area contributed by atoms with E-state index in [2.05, 4.69) is 47.4 Å². The Balaban J connectivity index is 1.39. The van der Waals surface area contributed by atoms with Crippen LogP contribution in [0.4, 0.5) is 0 Å². The van der Waals surface area contributed by atoms with Gasteiger partial charge in [-0.1, -0.05) is 36.4 Å². The van der Waals surface area contributed by atoms with Gasteiger partial charge in [0, 0.05) is 32.3 Å². The lowest BCUT2D eigenvalue weighted by Gasteiger charge is -2.18. The quantitative estimate of drug-likeness (QED) is 0.701. The lowest BCUT2D eigenvalue weighted by atomic mass is 9.89. The van der Waals surface area contributed by atoms with Gasteiger partial charge in [0.1, 0.15) is 5.69 Å². The number of hydrogen-bond donors (Lipinski definition) is 1. The van der Waals surface area contributed by atoms with E-state index in [4.69, 9.17) is 0 Å². The molecule has 2 aliphatic rings. The Morgan fingerprint density at radius 3 is 2.67 bits per heavy atom. The molecule has 2 aromatic carbocycles. The van der Waals surface area contributed by atoms with Crippen molar-refractivity contribution in [3.63, 3.8) is 0 Å². The van der Waals surface area contributed by atoms with Crippen molar-refractivity contribution in [2.75, 3.05) is 13.1 Å². The Bertz CT molecular complexity index is 1080. The Labute approximate surface area is 177 Å². The third kappa shape index (κ3) is 3.54. The van der Waals surface area contributed by atoms with E-state index in [1.807, 2.05) is 11.9 Å². The van der Waals surface area contributed by atoms with Crippen LogP contribution < -0.4 is 0 Å². The molecule has 0 spiro atoms. The highest BCUT2D eigenvalue weighted by Gasteiger charge is 2.30. The number of aromatic nitrogens is 2. The first-order valence-electron chi connectivity index (χ1n) is 10.7. The minimum Gasteiger partial charge on any atom is -0.392 e. The molecule has 1 aliphatic heterocycles. The zero-order valence-corrected chi connectivity index (χ0v) is 17.3. The Kier molecular flexibility index (Phi) is 4.91. The van der Waals surface area contributed by atoms with Gasteiger partial charge >= 0.3 is 0 Å². The second-order valence-electron chi connectivity index (χ2n) is 8.59. The predicted octanol–water partition coefficient (Wildman–Crippen LogP) is 4.09. The lowest BCUT2D eigenvalue weighted by Crippen LogP contribution is -2.28. The highest BCUT2D eigenvalue weighted by Crippen LogP contribution is 2.44. The number of hydrogen-bond acceptors (Lipinski definition) is 3. The van der Waals surface area contributed by atoms with Crippen LogP contribution in [0.2, 0.25) is 0 Å². The normalized spacial score (nSPS) is 18.7. The Morgan fingerprint density at radius 2 is 1.93 bits per heavy atom. The van der Waals surface area contributed by atoms with Gasteiger partial charge in [0.15, 0.2) is 0 Å². The van der Waals surface area contributed by atoms with Crippen molar-refractivity contribution in [1.82, 2.24) is 14.5 Å². The molecule has 0 bridgehead atoms. The van der Waals surface area contributed by atoms with E-state index in [-0.39, 0.29) is 18.4 Å². The summed E-state index contributed by atoms with van der Waals surface area (Å²) in [6.45, 7) is 1.40. The number of amides is 1. The minimum atomic E-state index is -0.0152. The number of carbonyl (C=O) groups excluding carboxylic acids is 1. The van der Waals surface area contributed by atoms with E-state index in [1.165, 1.54) is 29.5 Å². The van der Waals surface area contributed by atoms with E-state index in [9.17, 15) is 9.90 Å². The number of nitrogens with zero attached hydrogens (tertiary/aromatic N) is 3. The van der Waals surface area contributed by atoms with E-state index >= 15 is 0 Å². The third-order valence-electron chi connectivity index (χ3n) is 6.44. The summed E-state index contributed by atoms with van der Waals surface area (Å²) in [6, 6.07) is 15.1. The molecule has 3 aromatic rings. The Morgan fingerprint density at radius 1 is 1.10 bits per heavy atom. The molecule has 5 rings (SSSR count). The van der Waals surface area contributed by atoms with Crippen LogP contribution >= 0.6 is 0 Å². The zero-order valence-electron chi connectivity index (χ0n) is 17.3. The van der Waals surface area contributed by atoms with Crippen molar-refractivity contribution in [3.05, 3.63) is 77.4 Å². The molecule has 1 saturated carbocycles. The van der Waals surface area contributed by atoms with Crippen LogP contribution in [0.1, 0.15) is 58.3 Å². The van der Waals surface area contributed by atoms with Gasteiger partial charge < -0.3 is 14.6 Å². The summed E-state index contributed by atoms with van der Waals surface area (Å²) >= 11 is 0. The Hall–Kier alpha value is -2.92. The maximum absolute atomic E-state index is 12.7. The summed E-state index contributed by atoms with van der Waals surface area (Å²) in [7, 11) is 1.87. The third-order valence-corrected chi connectivity index (χ3v) is 6.44. The van der Waals surface area contributed by atoms with Crippen molar-refractivity contribution in [2.24, 2.45) is 7.05 Å². The van der Waals surface area contributed by atoms with Gasteiger partial charge in [0.2, 0.25) is 0 Å². The number of likely N-dealkylation sites (tertiary alicyclic amines) is 1. The zero-order chi connectivity index (χ0) is 20.7. The molecule has 2 fully saturated rings. The predicted molar refractivity (Wildman–Crippen MR) is 116 cm³/mol. The van der Waals surface area contributed by atoms with Gasteiger partial charge in [-0.25, -0.2) is 4.98 Å². The number of aliphatic hydroxyl groups excluding tert-OH is 1. The molecule has 1 N–H and O–H groups in total. The van der Waals surface area contributed by atoms with E-state index in [1.54, 1.807) is 17.1 Å². The SMILES string of the molecule is Cn1cnc(C(=O)N2CCC(c3ccc(-c4ccccc4C4CC4)cc3CO)C2)c1. The first-order valence-corrected chi connectivity index (χ1v) is 10.7. The van der Waals surface area contributed by atoms with E-state index < -0.39 is 0 Å². The smallest absolute Gasteiger partial charge is 0.274 e. The standard InChI is InChI=1S/C25H27N3O2/c1-27-14-24(26-16-27)25(30)28-11-10-19(13-28)21-9-8-18(12-20(21)15-29)23-5-3-2-4-22(23)17-6-7-17/h2-5,8-9,12,14,16-17,19,29H,6-7,10-11,13,15H2,1H3. The maximum atomic E-state index is 12.7. The molecule has 1 amide bonds. The fourth-order valence-corrected chi connectivity index (χ4v) is 4.70. The molecule has 1 aliphatic carbocycles. The molecule has 30 heavy (non-hydrogen) atoms. The summed E-state index contributed by atoms with van der Waals surface area (Å²) in [5, 5.41) is 10.1. The van der Waals surface area contributed by atoms with Crippen LogP contribution in [0, 0.1) is 0 Å². The summed E-state index contributed by atoms with van der Waals surface area (Å²) < 4.78 is 1.79. The topological polar surface area (TPSA) is 58.4 Å². The second-order valence-corrected chi connectivity index (χ2v) is 8.59. The van der Waals surface area contributed by atoms with Crippen LogP contribution in [-0.2, 0) is 13.7 Å². The number of aliphatic hydroxyl groups is 1. The summed E-state index contributed by atoms with van der Waals surface area (Å²) in [5.41, 5.74) is 6.48. The molecule has 1 unspecified atom stereocenters. The van der Waals surface area contributed by atoms with Gasteiger partial charge in [-0.05, 0) is 59.1 Å². The fourth-order valence-electron chi connectivity index (χ4n) is 4.70. The van der Waals surface area contributed by atoms with Crippen molar-refractivity contribution >= 4 is 5.91 Å². The van der Waals surface area contributed by atoms with Gasteiger partial charge in [-0.3, -0.25) is 4.79 Å². The lowest BCUT2D eigenvalue weighted by molar-refractivity contribution is 0.0785. The summed E-state index contributed by atoms with van der Waals surface area (Å²) in [4.78, 5) is 18.8. The summed E-state index contributed by atoms with van der Waals surface area (Å²) in [5.74, 6) is 0.908. The molecule has 5 heteroatoms. The van der Waals surface area contributed by atoms with Crippen LogP contribution in [0.3, 0.4) is 0 Å². The van der Waals surface area contributed by atoms with Crippen molar-refractivity contribution < 1.29 is 9.90 Å². The molecular formula is C25H27N3O2. The largest absolute Gasteiger partial charge is 0.392 e. The number of carbonyl (C=O) groups is 1. The molecule has 1 atom stereocenters. The molecule has 0 radical (unpaired) electrons. The first kappa shape index (κ1) is 19.1. The van der Waals surface area contributed by atoms with Crippen molar-refractivity contribution in [2.45, 2.75) is 37.7 Å². The highest BCUT2D eigenvalue weighted by molar-refractivity contribution is 5.92. The van der Waals surface area contributed by atoms with Crippen molar-refractivity contribution in [3.8, 4) is 11.1 Å². The van der Waals surface area contributed by atoms with Crippen LogP contribution in [0.5, 0.6) is 0 Å². The van der Waals surface area contributed by atoms with E-state index in [0.717, 1.165) is 24.1 Å². The van der Waals surface area contributed by atoms with Gasteiger partial charge in [-0.15, -0.1) is 0 Å². The first-order chi connectivity index (χ1) is 14.6. The molecular weight excluding hydrogens is 374 g/mol. The monoisotopic (exact) mass is 401 g/mol. The number of imidazole rings is 1. The molecule has 1 saturated heterocycles. The molecule has 1 aromatic heterocycles. The van der Waals surface area contributed by atoms with Gasteiger partial charge in [0.25, 0.3) is 5.91 Å². The number of rotatable bonds is 5. The van der Waals surface area contributed by atoms with Gasteiger partial charge in [-0.2, -0.15) is 0 Å². The van der Waals surface area contributed by atoms with Crippen molar-refractivity contribution in [1.29, 1.82) is 0 Å². The average Bonchev–Trinajstić information content (AvgIpc) is 3.35.